The van der Waals surface area contributed by atoms with E-state index in [2.05, 4.69) is 17.2 Å². The number of hydrogen-bond acceptors (Lipinski definition) is 3. The largest absolute Gasteiger partial charge is 0.490 e. The lowest BCUT2D eigenvalue weighted by Gasteiger charge is -2.30. The minimum Gasteiger partial charge on any atom is -0.490 e. The van der Waals surface area contributed by atoms with Crippen LogP contribution in [0, 0.1) is 0 Å². The van der Waals surface area contributed by atoms with Crippen LogP contribution in [0.25, 0.3) is 5.57 Å². The number of nitrogens with one attached hydrogen (secondary N) is 2. The van der Waals surface area contributed by atoms with Crippen molar-refractivity contribution in [1.29, 1.82) is 0 Å². The van der Waals surface area contributed by atoms with Crippen LogP contribution in [0.5, 0.6) is 5.75 Å². The summed E-state index contributed by atoms with van der Waals surface area (Å²) in [7, 11) is 0. The quantitative estimate of drug-likeness (QED) is 0.802. The molecule has 29 heavy (non-hydrogen) atoms. The van der Waals surface area contributed by atoms with Gasteiger partial charge in [-0.2, -0.15) is 0 Å². The normalized spacial score (nSPS) is 13.2. The van der Waals surface area contributed by atoms with Gasteiger partial charge in [-0.25, -0.2) is 4.79 Å². The minimum atomic E-state index is -0.585. The van der Waals surface area contributed by atoms with E-state index in [0.29, 0.717) is 30.3 Å². The molecule has 0 unspecified atom stereocenters. The maximum atomic E-state index is 12.7. The van der Waals surface area contributed by atoms with E-state index < -0.39 is 5.54 Å². The smallest absolute Gasteiger partial charge is 0.319 e. The molecule has 0 spiro atoms. The number of anilines is 2. The van der Waals surface area contributed by atoms with Crippen molar-refractivity contribution in [2.24, 2.45) is 0 Å². The maximum absolute atomic E-state index is 12.7. The first-order valence-corrected chi connectivity index (χ1v) is 9.58. The van der Waals surface area contributed by atoms with E-state index in [1.54, 1.807) is 23.1 Å². The van der Waals surface area contributed by atoms with Crippen LogP contribution >= 0.6 is 0 Å². The highest BCUT2D eigenvalue weighted by molar-refractivity contribution is 5.96. The molecule has 2 N–H and O–H groups in total. The first-order valence-electron chi connectivity index (χ1n) is 9.58. The van der Waals surface area contributed by atoms with Gasteiger partial charge in [0.1, 0.15) is 12.4 Å². The summed E-state index contributed by atoms with van der Waals surface area (Å²) >= 11 is 0. The number of fused-ring (bicyclic) bond motifs is 1. The Balaban J connectivity index is 1.75. The molecule has 6 nitrogen and oxygen atoms in total. The summed E-state index contributed by atoms with van der Waals surface area (Å²) in [5.74, 6) is 0.573. The van der Waals surface area contributed by atoms with Crippen LogP contribution in [0.4, 0.5) is 16.2 Å². The predicted molar refractivity (Wildman–Crippen MR) is 116 cm³/mol. The number of allylic oxidation sites excluding steroid dienone is 1. The zero-order chi connectivity index (χ0) is 21.2. The molecule has 0 fully saturated rings. The van der Waals surface area contributed by atoms with Gasteiger partial charge in [0.05, 0.1) is 17.8 Å². The Morgan fingerprint density at radius 1 is 1.14 bits per heavy atom. The van der Waals surface area contributed by atoms with Gasteiger partial charge in [0.2, 0.25) is 5.91 Å². The Hall–Kier alpha value is -3.28. The van der Waals surface area contributed by atoms with Gasteiger partial charge in [-0.1, -0.05) is 30.4 Å². The van der Waals surface area contributed by atoms with Gasteiger partial charge >= 0.3 is 6.03 Å². The Labute approximate surface area is 171 Å². The highest BCUT2D eigenvalue weighted by atomic mass is 16.5. The van der Waals surface area contributed by atoms with Crippen molar-refractivity contribution in [3.8, 4) is 5.75 Å². The summed E-state index contributed by atoms with van der Waals surface area (Å²) in [5.41, 5.74) is 3.66. The van der Waals surface area contributed by atoms with Gasteiger partial charge in [0.15, 0.2) is 0 Å². The number of ether oxygens (including phenoxy) is 1. The van der Waals surface area contributed by atoms with Crippen LogP contribution in [0.3, 0.4) is 0 Å². The molecule has 2 aromatic rings. The molecule has 0 saturated carbocycles. The first-order chi connectivity index (χ1) is 13.7. The average molecular weight is 393 g/mol. The molecule has 1 aliphatic heterocycles. The summed E-state index contributed by atoms with van der Waals surface area (Å²) in [6, 6.07) is 12.9. The van der Waals surface area contributed by atoms with Crippen molar-refractivity contribution in [3.05, 3.63) is 60.2 Å². The number of urea groups is 1. The number of benzene rings is 2. The van der Waals surface area contributed by atoms with Gasteiger partial charge in [-0.05, 0) is 56.2 Å². The lowest BCUT2D eigenvalue weighted by Crippen LogP contribution is -2.43. The fourth-order valence-electron chi connectivity index (χ4n) is 3.31. The molecule has 152 valence electrons. The molecule has 0 bridgehead atoms. The van der Waals surface area contributed by atoms with Crippen LogP contribution in [0.2, 0.25) is 0 Å². The highest BCUT2D eigenvalue weighted by Gasteiger charge is 2.25. The van der Waals surface area contributed by atoms with Crippen molar-refractivity contribution in [3.63, 3.8) is 0 Å². The monoisotopic (exact) mass is 393 g/mol. The van der Waals surface area contributed by atoms with E-state index in [0.717, 1.165) is 16.7 Å². The molecule has 3 amide bonds. The topological polar surface area (TPSA) is 70.7 Å². The molecule has 6 heteroatoms. The molecule has 0 saturated heterocycles. The van der Waals surface area contributed by atoms with Crippen molar-refractivity contribution < 1.29 is 14.3 Å². The number of amides is 3. The van der Waals surface area contributed by atoms with Gasteiger partial charge in [0, 0.05) is 12.6 Å². The first kappa shape index (κ1) is 20.5. The fourth-order valence-corrected chi connectivity index (χ4v) is 3.31. The van der Waals surface area contributed by atoms with Crippen molar-refractivity contribution in [2.45, 2.75) is 33.2 Å². The summed E-state index contributed by atoms with van der Waals surface area (Å²) in [6.45, 7) is 12.3. The molecule has 2 aromatic carbocycles. The second-order valence-electron chi connectivity index (χ2n) is 7.77. The number of rotatable bonds is 4. The third-order valence-corrected chi connectivity index (χ3v) is 4.96. The van der Waals surface area contributed by atoms with Crippen LogP contribution in [-0.2, 0) is 10.3 Å². The number of carbonyl (C=O) groups excluding carboxylic acids is 2. The average Bonchev–Trinajstić information content (AvgIpc) is 2.67. The van der Waals surface area contributed by atoms with E-state index in [-0.39, 0.29) is 11.9 Å². The van der Waals surface area contributed by atoms with Crippen molar-refractivity contribution >= 4 is 28.9 Å². The standard InChI is InChI=1S/C23H27N3O3/c1-15(2)17-7-6-8-18(13-17)23(4,5)25-22(28)24-19-9-10-21-20(14-19)26(16(3)27)11-12-29-21/h6-10,13-14H,1,11-12H2,2-5H3,(H2,24,25,28). The summed E-state index contributed by atoms with van der Waals surface area (Å²) in [6.07, 6.45) is 0. The molecule has 0 aliphatic carbocycles. The Bertz CT molecular complexity index is 966. The predicted octanol–water partition coefficient (Wildman–Crippen LogP) is 4.52. The van der Waals surface area contributed by atoms with Gasteiger partial charge < -0.3 is 20.3 Å². The van der Waals surface area contributed by atoms with Gasteiger partial charge in [-0.15, -0.1) is 0 Å². The number of nitrogens with zero attached hydrogens (tertiary/aromatic N) is 1. The lowest BCUT2D eigenvalue weighted by molar-refractivity contribution is -0.116. The molecular weight excluding hydrogens is 366 g/mol. The Kier molecular flexibility index (Phi) is 5.64. The van der Waals surface area contributed by atoms with Crippen molar-refractivity contribution in [2.75, 3.05) is 23.4 Å². The fraction of sp³-hybridized carbons (Fsp3) is 0.304. The molecule has 3 rings (SSSR count). The molecule has 0 radical (unpaired) electrons. The zero-order valence-electron chi connectivity index (χ0n) is 17.3. The SMILES string of the molecule is C=C(C)c1cccc(C(C)(C)NC(=O)Nc2ccc3c(c2)N(C(C)=O)CCO3)c1. The molecule has 1 heterocycles. The third kappa shape index (κ3) is 4.59. The lowest BCUT2D eigenvalue weighted by atomic mass is 9.92. The van der Waals surface area contributed by atoms with Gasteiger partial charge in [0.25, 0.3) is 0 Å². The van der Waals surface area contributed by atoms with Crippen LogP contribution in [0.15, 0.2) is 49.0 Å². The van der Waals surface area contributed by atoms with Crippen molar-refractivity contribution in [1.82, 2.24) is 5.32 Å². The summed E-state index contributed by atoms with van der Waals surface area (Å²) in [4.78, 5) is 26.2. The minimum absolute atomic E-state index is 0.0605. The second-order valence-corrected chi connectivity index (χ2v) is 7.77. The Morgan fingerprint density at radius 2 is 1.90 bits per heavy atom. The molecule has 0 aromatic heterocycles. The van der Waals surface area contributed by atoms with Crippen LogP contribution in [-0.4, -0.2) is 25.1 Å². The van der Waals surface area contributed by atoms with E-state index in [4.69, 9.17) is 4.74 Å². The van der Waals surface area contributed by atoms with Gasteiger partial charge in [-0.3, -0.25) is 4.79 Å². The number of carbonyl (C=O) groups is 2. The van der Waals surface area contributed by atoms with E-state index in [1.165, 1.54) is 6.92 Å². The summed E-state index contributed by atoms with van der Waals surface area (Å²) in [5, 5.41) is 5.86. The molecular formula is C23H27N3O3. The van der Waals surface area contributed by atoms with E-state index >= 15 is 0 Å². The summed E-state index contributed by atoms with van der Waals surface area (Å²) < 4.78 is 5.60. The Morgan fingerprint density at radius 3 is 2.59 bits per heavy atom. The van der Waals surface area contributed by atoms with Crippen LogP contribution in [0.1, 0.15) is 38.8 Å². The highest BCUT2D eigenvalue weighted by Crippen LogP contribution is 2.34. The van der Waals surface area contributed by atoms with E-state index in [9.17, 15) is 9.59 Å². The second kappa shape index (κ2) is 7.99. The van der Waals surface area contributed by atoms with E-state index in [1.807, 2.05) is 45.0 Å². The van der Waals surface area contributed by atoms with Crippen LogP contribution < -0.4 is 20.3 Å². The maximum Gasteiger partial charge on any atom is 0.319 e. The zero-order valence-corrected chi connectivity index (χ0v) is 17.3. The third-order valence-electron chi connectivity index (χ3n) is 4.96. The molecule has 1 aliphatic rings. The molecule has 0 atom stereocenters. The number of hydrogen-bond donors (Lipinski definition) is 2.